The Kier molecular flexibility index (Phi) is 8.06. The van der Waals surface area contributed by atoms with E-state index in [4.69, 9.17) is 4.74 Å². The van der Waals surface area contributed by atoms with E-state index in [9.17, 15) is 19.1 Å². The summed E-state index contributed by atoms with van der Waals surface area (Å²) in [6.45, 7) is -0.110. The number of rotatable bonds is 9. The summed E-state index contributed by atoms with van der Waals surface area (Å²) < 4.78 is 22.1. The topological polar surface area (TPSA) is 116 Å². The molecule has 1 amide bonds. The van der Waals surface area contributed by atoms with E-state index < -0.39 is 17.5 Å². The fraction of sp³-hybridized carbons (Fsp3) is 0.167. The Morgan fingerprint density at radius 2 is 1.83 bits per heavy atom. The first-order valence-electron chi connectivity index (χ1n) is 12.7. The summed E-state index contributed by atoms with van der Waals surface area (Å²) in [4.78, 5) is 36.9. The van der Waals surface area contributed by atoms with Crippen molar-refractivity contribution in [3.63, 3.8) is 0 Å². The van der Waals surface area contributed by atoms with Gasteiger partial charge in [-0.3, -0.25) is 9.36 Å². The van der Waals surface area contributed by atoms with Crippen molar-refractivity contribution in [1.82, 2.24) is 24.4 Å². The van der Waals surface area contributed by atoms with E-state index in [1.807, 2.05) is 30.3 Å². The van der Waals surface area contributed by atoms with Crippen LogP contribution in [-0.4, -0.2) is 56.1 Å². The number of H-pyrrole nitrogens is 2. The summed E-state index contributed by atoms with van der Waals surface area (Å²) in [7, 11) is 3.29. The number of likely N-dealkylation sites (N-methyl/N-ethyl adjacent to an activating group) is 1. The molecule has 2 aromatic heterocycles. The molecule has 1 unspecified atom stereocenters. The zero-order chi connectivity index (χ0) is 29.1. The highest BCUT2D eigenvalue weighted by Crippen LogP contribution is 2.33. The molecule has 3 N–H and O–H groups in total. The number of nitrogens with one attached hydrogen (secondary N) is 2. The third kappa shape index (κ3) is 6.09. The molecule has 2 heterocycles. The van der Waals surface area contributed by atoms with Gasteiger partial charge in [-0.1, -0.05) is 46.3 Å². The van der Waals surface area contributed by atoms with Crippen LogP contribution in [0.2, 0.25) is 0 Å². The molecule has 1 atom stereocenters. The van der Waals surface area contributed by atoms with Crippen molar-refractivity contribution in [3.8, 4) is 34.1 Å². The number of aromatic hydroxyl groups is 1. The van der Waals surface area contributed by atoms with Crippen molar-refractivity contribution < 1.29 is 19.0 Å². The van der Waals surface area contributed by atoms with Crippen LogP contribution in [0.25, 0.3) is 22.5 Å². The second-order valence-electron chi connectivity index (χ2n) is 9.61. The third-order valence-corrected chi connectivity index (χ3v) is 7.12. The first-order chi connectivity index (χ1) is 19.7. The maximum Gasteiger partial charge on any atom is 0.329 e. The summed E-state index contributed by atoms with van der Waals surface area (Å²) in [5.74, 6) is -0.0442. The first-order valence-corrected chi connectivity index (χ1v) is 13.5. The van der Waals surface area contributed by atoms with Crippen molar-refractivity contribution in [1.29, 1.82) is 0 Å². The van der Waals surface area contributed by atoms with Crippen LogP contribution in [0.4, 0.5) is 4.39 Å². The lowest BCUT2D eigenvalue weighted by molar-refractivity contribution is -0.130. The number of ether oxygens (including phenoxy) is 1. The maximum absolute atomic E-state index is 14.7. The van der Waals surface area contributed by atoms with E-state index in [-0.39, 0.29) is 24.1 Å². The van der Waals surface area contributed by atoms with E-state index in [1.165, 1.54) is 21.7 Å². The number of benzene rings is 3. The Morgan fingerprint density at radius 3 is 2.51 bits per heavy atom. The number of aromatic amines is 2. The molecule has 0 aliphatic carbocycles. The Labute approximate surface area is 243 Å². The van der Waals surface area contributed by atoms with E-state index in [0.29, 0.717) is 39.3 Å². The molecule has 0 saturated heterocycles. The average Bonchev–Trinajstić information content (AvgIpc) is 3.55. The minimum absolute atomic E-state index is 0.110. The molecule has 41 heavy (non-hydrogen) atoms. The van der Waals surface area contributed by atoms with Gasteiger partial charge in [-0.05, 0) is 48.0 Å². The SMILES string of the molecule is CN(C)C(=O)COc1ccc(-c2[nH]c(=O)n(C(Cc3ccccc3)c3ncc(-c4ccc(Br)cc4F)[nH]3)c2O)cc1. The molecule has 11 heteroatoms. The van der Waals surface area contributed by atoms with E-state index in [1.54, 1.807) is 50.5 Å². The lowest BCUT2D eigenvalue weighted by Crippen LogP contribution is -2.27. The van der Waals surface area contributed by atoms with E-state index in [2.05, 4.69) is 30.9 Å². The zero-order valence-electron chi connectivity index (χ0n) is 22.3. The van der Waals surface area contributed by atoms with Gasteiger partial charge < -0.3 is 24.7 Å². The number of nitrogens with zero attached hydrogens (tertiary/aromatic N) is 3. The second-order valence-corrected chi connectivity index (χ2v) is 10.5. The van der Waals surface area contributed by atoms with Crippen LogP contribution in [0.1, 0.15) is 17.4 Å². The quantitative estimate of drug-likeness (QED) is 0.211. The lowest BCUT2D eigenvalue weighted by atomic mass is 10.0. The van der Waals surface area contributed by atoms with Crippen molar-refractivity contribution >= 4 is 21.8 Å². The average molecular weight is 620 g/mol. The van der Waals surface area contributed by atoms with Gasteiger partial charge in [0.15, 0.2) is 6.61 Å². The number of hydrogen-bond donors (Lipinski definition) is 3. The van der Waals surface area contributed by atoms with Crippen molar-refractivity contribution in [3.05, 3.63) is 111 Å². The van der Waals surface area contributed by atoms with Gasteiger partial charge in [-0.25, -0.2) is 14.2 Å². The molecule has 5 aromatic rings. The summed E-state index contributed by atoms with van der Waals surface area (Å²) >= 11 is 3.27. The van der Waals surface area contributed by atoms with Crippen molar-refractivity contribution in [2.75, 3.05) is 20.7 Å². The summed E-state index contributed by atoms with van der Waals surface area (Å²) in [6, 6.07) is 20.1. The van der Waals surface area contributed by atoms with E-state index >= 15 is 0 Å². The second kappa shape index (κ2) is 11.8. The molecule has 5 rings (SSSR count). The van der Waals surface area contributed by atoms with Crippen LogP contribution >= 0.6 is 15.9 Å². The summed E-state index contributed by atoms with van der Waals surface area (Å²) in [5, 5.41) is 11.3. The third-order valence-electron chi connectivity index (χ3n) is 6.62. The molecule has 210 valence electrons. The van der Waals surface area contributed by atoms with Crippen LogP contribution < -0.4 is 10.4 Å². The number of carbonyl (C=O) groups excluding carboxylic acids is 1. The Balaban J connectivity index is 1.50. The normalized spacial score (nSPS) is 11.8. The number of halogens is 2. The van der Waals surface area contributed by atoms with Crippen LogP contribution in [0.15, 0.2) is 88.3 Å². The number of carbonyl (C=O) groups is 1. The highest BCUT2D eigenvalue weighted by atomic mass is 79.9. The molecule has 0 aliphatic rings. The Hall–Kier alpha value is -4.64. The molecular weight excluding hydrogens is 593 g/mol. The molecule has 0 aliphatic heterocycles. The molecule has 0 bridgehead atoms. The van der Waals surface area contributed by atoms with Gasteiger partial charge in [0.25, 0.3) is 5.91 Å². The predicted octanol–water partition coefficient (Wildman–Crippen LogP) is 5.14. The fourth-order valence-electron chi connectivity index (χ4n) is 4.42. The maximum atomic E-state index is 14.7. The number of aromatic nitrogens is 4. The van der Waals surface area contributed by atoms with Crippen molar-refractivity contribution in [2.45, 2.75) is 12.5 Å². The summed E-state index contributed by atoms with van der Waals surface area (Å²) in [6.07, 6.45) is 1.84. The zero-order valence-corrected chi connectivity index (χ0v) is 23.9. The molecular formula is C30H27BrFN5O4. The highest BCUT2D eigenvalue weighted by molar-refractivity contribution is 9.10. The van der Waals surface area contributed by atoms with Gasteiger partial charge in [-0.2, -0.15) is 0 Å². The predicted molar refractivity (Wildman–Crippen MR) is 156 cm³/mol. The Morgan fingerprint density at radius 1 is 1.10 bits per heavy atom. The molecule has 0 fully saturated rings. The lowest BCUT2D eigenvalue weighted by Gasteiger charge is -2.17. The van der Waals surface area contributed by atoms with Gasteiger partial charge in [0.1, 0.15) is 29.1 Å². The van der Waals surface area contributed by atoms with Gasteiger partial charge in [0.05, 0.1) is 11.9 Å². The number of amides is 1. The first kappa shape index (κ1) is 27.9. The smallest absolute Gasteiger partial charge is 0.329 e. The van der Waals surface area contributed by atoms with Crippen LogP contribution in [0.5, 0.6) is 11.6 Å². The Bertz CT molecular complexity index is 1730. The summed E-state index contributed by atoms with van der Waals surface area (Å²) in [5.41, 5.74) is 1.90. The monoisotopic (exact) mass is 619 g/mol. The highest BCUT2D eigenvalue weighted by Gasteiger charge is 2.26. The molecule has 0 spiro atoms. The van der Waals surface area contributed by atoms with Crippen molar-refractivity contribution in [2.24, 2.45) is 0 Å². The standard InChI is InChI=1S/C30H27BrFN5O4/c1-36(2)26(38)17-41-21-11-8-19(9-12-21)27-29(39)37(30(40)35-27)25(14-18-6-4-3-5-7-18)28-33-16-24(34-28)22-13-10-20(31)15-23(22)32/h3-13,15-16,25,39H,14,17H2,1-2H3,(H,33,34)(H,35,40). The van der Waals surface area contributed by atoms with Gasteiger partial charge in [0, 0.05) is 36.1 Å². The molecule has 3 aromatic carbocycles. The molecule has 0 saturated carbocycles. The van der Waals surface area contributed by atoms with Gasteiger partial charge in [0.2, 0.25) is 5.88 Å². The van der Waals surface area contributed by atoms with Crippen LogP contribution in [0.3, 0.4) is 0 Å². The minimum atomic E-state index is -0.734. The number of imidazole rings is 2. The molecule has 0 radical (unpaired) electrons. The fourth-order valence-corrected chi connectivity index (χ4v) is 4.75. The van der Waals surface area contributed by atoms with Gasteiger partial charge >= 0.3 is 5.69 Å². The van der Waals surface area contributed by atoms with Crippen LogP contribution in [-0.2, 0) is 11.2 Å². The van der Waals surface area contributed by atoms with E-state index in [0.717, 1.165) is 5.56 Å². The van der Waals surface area contributed by atoms with Crippen LogP contribution in [0, 0.1) is 5.82 Å². The number of hydrogen-bond acceptors (Lipinski definition) is 5. The molecule has 9 nitrogen and oxygen atoms in total. The van der Waals surface area contributed by atoms with Gasteiger partial charge in [-0.15, -0.1) is 0 Å². The minimum Gasteiger partial charge on any atom is -0.493 e. The largest absolute Gasteiger partial charge is 0.493 e.